The molecule has 3 rings (SSSR count). The Morgan fingerprint density at radius 1 is 1.21 bits per heavy atom. The van der Waals surface area contributed by atoms with Crippen molar-refractivity contribution in [3.8, 4) is 5.75 Å². The Labute approximate surface area is 170 Å². The van der Waals surface area contributed by atoms with Crippen LogP contribution in [0.4, 0.5) is 15.8 Å². The van der Waals surface area contributed by atoms with Gasteiger partial charge < -0.3 is 15.0 Å². The molecule has 1 atom stereocenters. The third-order valence-corrected chi connectivity index (χ3v) is 5.17. The second-order valence-corrected chi connectivity index (χ2v) is 7.15. The third kappa shape index (κ3) is 4.75. The van der Waals surface area contributed by atoms with Gasteiger partial charge in [-0.3, -0.25) is 9.69 Å². The summed E-state index contributed by atoms with van der Waals surface area (Å²) in [7, 11) is 0. The molecule has 0 unspecified atom stereocenters. The second-order valence-electron chi connectivity index (χ2n) is 6.71. The number of piperazine rings is 1. The number of hydrogen-bond acceptors (Lipinski definition) is 4. The molecular formula is C21H25ClFN3O2. The molecule has 1 saturated heterocycles. The average Bonchev–Trinajstić information content (AvgIpc) is 2.70. The van der Waals surface area contributed by atoms with Crippen molar-refractivity contribution in [2.45, 2.75) is 19.9 Å². The SMILES string of the molecule is CCOc1ccccc1N1CCN([C@@H](C)C(=O)Nc2ccc(Cl)cc2F)CC1. The van der Waals surface area contributed by atoms with Crippen LogP contribution < -0.4 is 15.0 Å². The number of nitrogens with zero attached hydrogens (tertiary/aromatic N) is 2. The number of anilines is 2. The highest BCUT2D eigenvalue weighted by Gasteiger charge is 2.27. The van der Waals surface area contributed by atoms with Crippen LogP contribution in [0.25, 0.3) is 0 Å². The number of rotatable bonds is 6. The fourth-order valence-electron chi connectivity index (χ4n) is 3.34. The summed E-state index contributed by atoms with van der Waals surface area (Å²) in [6.07, 6.45) is 0. The smallest absolute Gasteiger partial charge is 0.241 e. The van der Waals surface area contributed by atoms with Crippen molar-refractivity contribution < 1.29 is 13.9 Å². The Hall–Kier alpha value is -2.31. The molecule has 1 N–H and O–H groups in total. The molecule has 0 spiro atoms. The van der Waals surface area contributed by atoms with Crippen molar-refractivity contribution in [3.05, 3.63) is 53.3 Å². The summed E-state index contributed by atoms with van der Waals surface area (Å²) in [4.78, 5) is 16.9. The van der Waals surface area contributed by atoms with Gasteiger partial charge in [-0.05, 0) is 44.2 Å². The first-order chi connectivity index (χ1) is 13.5. The molecule has 150 valence electrons. The quantitative estimate of drug-likeness (QED) is 0.788. The zero-order valence-corrected chi connectivity index (χ0v) is 16.9. The van der Waals surface area contributed by atoms with Crippen molar-refractivity contribution in [2.75, 3.05) is 43.0 Å². The van der Waals surface area contributed by atoms with E-state index in [0.717, 1.165) is 37.6 Å². The van der Waals surface area contributed by atoms with Gasteiger partial charge in [-0.2, -0.15) is 0 Å². The number of para-hydroxylation sites is 2. The van der Waals surface area contributed by atoms with Crippen LogP contribution in [0.1, 0.15) is 13.8 Å². The van der Waals surface area contributed by atoms with Crippen molar-refractivity contribution in [1.82, 2.24) is 4.90 Å². The van der Waals surface area contributed by atoms with Crippen LogP contribution in [-0.2, 0) is 4.79 Å². The lowest BCUT2D eigenvalue weighted by molar-refractivity contribution is -0.120. The van der Waals surface area contributed by atoms with Gasteiger partial charge in [-0.25, -0.2) is 4.39 Å². The molecule has 0 radical (unpaired) electrons. The molecule has 0 aromatic heterocycles. The predicted molar refractivity (Wildman–Crippen MR) is 111 cm³/mol. The monoisotopic (exact) mass is 405 g/mol. The van der Waals surface area contributed by atoms with E-state index in [9.17, 15) is 9.18 Å². The van der Waals surface area contributed by atoms with Gasteiger partial charge in [0.2, 0.25) is 5.91 Å². The predicted octanol–water partition coefficient (Wildman–Crippen LogP) is 4.03. The Balaban J connectivity index is 1.59. The van der Waals surface area contributed by atoms with E-state index in [1.54, 1.807) is 6.07 Å². The fourth-order valence-corrected chi connectivity index (χ4v) is 3.50. The summed E-state index contributed by atoms with van der Waals surface area (Å²) < 4.78 is 19.6. The summed E-state index contributed by atoms with van der Waals surface area (Å²) in [6, 6.07) is 11.9. The van der Waals surface area contributed by atoms with Crippen LogP contribution in [0.3, 0.4) is 0 Å². The molecule has 2 aromatic rings. The number of benzene rings is 2. The maximum Gasteiger partial charge on any atom is 0.241 e. The van der Waals surface area contributed by atoms with Crippen molar-refractivity contribution in [3.63, 3.8) is 0 Å². The fraction of sp³-hybridized carbons (Fsp3) is 0.381. The number of hydrogen-bond donors (Lipinski definition) is 1. The van der Waals surface area contributed by atoms with Crippen LogP contribution in [0.2, 0.25) is 5.02 Å². The van der Waals surface area contributed by atoms with E-state index in [2.05, 4.69) is 21.2 Å². The van der Waals surface area contributed by atoms with Gasteiger partial charge >= 0.3 is 0 Å². The number of carbonyl (C=O) groups excluding carboxylic acids is 1. The van der Waals surface area contributed by atoms with Crippen molar-refractivity contribution >= 4 is 28.9 Å². The third-order valence-electron chi connectivity index (χ3n) is 4.94. The van der Waals surface area contributed by atoms with Gasteiger partial charge in [0, 0.05) is 31.2 Å². The van der Waals surface area contributed by atoms with E-state index in [1.807, 2.05) is 32.0 Å². The van der Waals surface area contributed by atoms with Gasteiger partial charge in [0.15, 0.2) is 0 Å². The number of ether oxygens (including phenoxy) is 1. The molecule has 2 aromatic carbocycles. The topological polar surface area (TPSA) is 44.8 Å². The minimum Gasteiger partial charge on any atom is -0.492 e. The van der Waals surface area contributed by atoms with E-state index in [-0.39, 0.29) is 17.6 Å². The normalized spacial score (nSPS) is 15.9. The molecule has 1 aliphatic rings. The lowest BCUT2D eigenvalue weighted by Gasteiger charge is -2.39. The zero-order valence-electron chi connectivity index (χ0n) is 16.1. The summed E-state index contributed by atoms with van der Waals surface area (Å²) in [5, 5.41) is 2.95. The van der Waals surface area contributed by atoms with E-state index < -0.39 is 5.82 Å². The molecule has 1 aliphatic heterocycles. The zero-order chi connectivity index (χ0) is 20.1. The highest BCUT2D eigenvalue weighted by atomic mass is 35.5. The van der Waals surface area contributed by atoms with Crippen LogP contribution in [0.5, 0.6) is 5.75 Å². The molecule has 0 aliphatic carbocycles. The first-order valence-corrected chi connectivity index (χ1v) is 9.84. The minimum absolute atomic E-state index is 0.144. The average molecular weight is 406 g/mol. The summed E-state index contributed by atoms with van der Waals surface area (Å²) >= 11 is 5.76. The minimum atomic E-state index is -0.537. The van der Waals surface area contributed by atoms with Crippen LogP contribution in [0.15, 0.2) is 42.5 Å². The van der Waals surface area contributed by atoms with Crippen molar-refractivity contribution in [1.29, 1.82) is 0 Å². The van der Waals surface area contributed by atoms with Crippen molar-refractivity contribution in [2.24, 2.45) is 0 Å². The van der Waals surface area contributed by atoms with Gasteiger partial charge in [0.25, 0.3) is 0 Å². The number of amides is 1. The Morgan fingerprint density at radius 3 is 2.61 bits per heavy atom. The van der Waals surface area contributed by atoms with Gasteiger partial charge in [-0.1, -0.05) is 23.7 Å². The van der Waals surface area contributed by atoms with E-state index in [0.29, 0.717) is 11.6 Å². The van der Waals surface area contributed by atoms with E-state index in [4.69, 9.17) is 16.3 Å². The first kappa shape index (κ1) is 20.4. The van der Waals surface area contributed by atoms with Crippen LogP contribution in [0, 0.1) is 5.82 Å². The second kappa shape index (κ2) is 9.26. The molecular weight excluding hydrogens is 381 g/mol. The molecule has 28 heavy (non-hydrogen) atoms. The summed E-state index contributed by atoms with van der Waals surface area (Å²) in [5.74, 6) is 0.109. The lowest BCUT2D eigenvalue weighted by Crippen LogP contribution is -2.53. The molecule has 1 amide bonds. The standard InChI is InChI=1S/C21H25ClFN3O2/c1-3-28-20-7-5-4-6-19(20)26-12-10-25(11-13-26)15(2)21(27)24-18-9-8-16(22)14-17(18)23/h4-9,14-15H,3,10-13H2,1-2H3,(H,24,27)/t15-/m0/s1. The summed E-state index contributed by atoms with van der Waals surface area (Å²) in [5.41, 5.74) is 1.22. The van der Waals surface area contributed by atoms with Crippen LogP contribution >= 0.6 is 11.6 Å². The maximum atomic E-state index is 13.9. The number of carbonyl (C=O) groups is 1. The Kier molecular flexibility index (Phi) is 6.75. The largest absolute Gasteiger partial charge is 0.492 e. The highest BCUT2D eigenvalue weighted by Crippen LogP contribution is 2.29. The van der Waals surface area contributed by atoms with E-state index in [1.165, 1.54) is 12.1 Å². The highest BCUT2D eigenvalue weighted by molar-refractivity contribution is 6.30. The first-order valence-electron chi connectivity index (χ1n) is 9.46. The molecule has 0 saturated carbocycles. The molecule has 0 bridgehead atoms. The van der Waals surface area contributed by atoms with Gasteiger partial charge in [0.1, 0.15) is 11.6 Å². The lowest BCUT2D eigenvalue weighted by atomic mass is 10.2. The maximum absolute atomic E-state index is 13.9. The molecule has 1 fully saturated rings. The van der Waals surface area contributed by atoms with Gasteiger partial charge in [0.05, 0.1) is 24.0 Å². The molecule has 1 heterocycles. The number of halogens is 2. The van der Waals surface area contributed by atoms with Crippen LogP contribution in [-0.4, -0.2) is 49.6 Å². The summed E-state index contributed by atoms with van der Waals surface area (Å²) in [6.45, 7) is 7.48. The Bertz CT molecular complexity index is 825. The van der Waals surface area contributed by atoms with Gasteiger partial charge in [-0.15, -0.1) is 0 Å². The molecule has 7 heteroatoms. The molecule has 5 nitrogen and oxygen atoms in total. The number of nitrogens with one attached hydrogen (secondary N) is 1. The Morgan fingerprint density at radius 2 is 1.93 bits per heavy atom. The van der Waals surface area contributed by atoms with E-state index >= 15 is 0 Å².